The second-order valence-electron chi connectivity index (χ2n) is 3.88. The predicted molar refractivity (Wildman–Crippen MR) is 51.8 cm³/mol. The molecule has 1 saturated heterocycles. The first-order valence-electron chi connectivity index (χ1n) is 5.21. The van der Waals surface area contributed by atoms with Crippen LogP contribution in [0.25, 0.3) is 0 Å². The van der Waals surface area contributed by atoms with Crippen molar-refractivity contribution in [3.63, 3.8) is 0 Å². The second kappa shape index (κ2) is 4.13. The molecule has 78 valence electrons. The fourth-order valence-electron chi connectivity index (χ4n) is 2.32. The smallest absolute Gasteiger partial charge is 0.311 e. The Morgan fingerprint density at radius 2 is 2.50 bits per heavy atom. The van der Waals surface area contributed by atoms with Crippen molar-refractivity contribution in [2.24, 2.45) is 5.92 Å². The molecule has 2 aliphatic rings. The number of rotatable bonds is 1. The molecule has 1 fully saturated rings. The third-order valence-corrected chi connectivity index (χ3v) is 3.03. The number of methoxy groups -OCH3 is 1. The van der Waals surface area contributed by atoms with Gasteiger partial charge in [0.1, 0.15) is 0 Å². The molecule has 0 amide bonds. The number of ether oxygens (including phenoxy) is 2. The van der Waals surface area contributed by atoms with Crippen molar-refractivity contribution in [1.29, 1.82) is 0 Å². The van der Waals surface area contributed by atoms with Crippen molar-refractivity contribution in [1.82, 2.24) is 0 Å². The van der Waals surface area contributed by atoms with Crippen molar-refractivity contribution in [3.05, 3.63) is 11.6 Å². The molecule has 2 atom stereocenters. The largest absolute Gasteiger partial charge is 0.469 e. The van der Waals surface area contributed by atoms with E-state index in [0.717, 1.165) is 32.3 Å². The third-order valence-electron chi connectivity index (χ3n) is 3.03. The van der Waals surface area contributed by atoms with Crippen LogP contribution in [0.15, 0.2) is 11.6 Å². The maximum absolute atomic E-state index is 11.5. The minimum Gasteiger partial charge on any atom is -0.469 e. The van der Waals surface area contributed by atoms with E-state index in [1.54, 1.807) is 0 Å². The molecule has 2 rings (SSSR count). The van der Waals surface area contributed by atoms with Crippen LogP contribution >= 0.6 is 0 Å². The molecule has 3 heteroatoms. The van der Waals surface area contributed by atoms with E-state index in [2.05, 4.69) is 6.08 Å². The van der Waals surface area contributed by atoms with Crippen LogP contribution in [0.1, 0.15) is 25.7 Å². The lowest BCUT2D eigenvalue weighted by Gasteiger charge is -2.34. The van der Waals surface area contributed by atoms with Gasteiger partial charge in [-0.1, -0.05) is 6.08 Å². The summed E-state index contributed by atoms with van der Waals surface area (Å²) >= 11 is 0. The summed E-state index contributed by atoms with van der Waals surface area (Å²) in [6.07, 6.45) is 6.23. The van der Waals surface area contributed by atoms with E-state index in [-0.39, 0.29) is 18.0 Å². The summed E-state index contributed by atoms with van der Waals surface area (Å²) in [6, 6.07) is 0. The van der Waals surface area contributed by atoms with Gasteiger partial charge in [-0.25, -0.2) is 0 Å². The predicted octanol–water partition coefficient (Wildman–Crippen LogP) is 1.67. The van der Waals surface area contributed by atoms with Crippen LogP contribution in [0, 0.1) is 5.92 Å². The SMILES string of the molecule is COC(=O)[C@H]1CCC=C2CCCO[C@H]21. The van der Waals surface area contributed by atoms with Crippen LogP contribution in [0.2, 0.25) is 0 Å². The molecule has 0 aromatic heterocycles. The monoisotopic (exact) mass is 196 g/mol. The summed E-state index contributed by atoms with van der Waals surface area (Å²) in [5.41, 5.74) is 1.30. The minimum absolute atomic E-state index is 0.00458. The Morgan fingerprint density at radius 1 is 1.64 bits per heavy atom. The molecule has 0 aromatic carbocycles. The van der Waals surface area contributed by atoms with E-state index in [1.807, 2.05) is 0 Å². The van der Waals surface area contributed by atoms with Crippen LogP contribution in [0.5, 0.6) is 0 Å². The Hall–Kier alpha value is -0.830. The van der Waals surface area contributed by atoms with Crippen LogP contribution < -0.4 is 0 Å². The quantitative estimate of drug-likeness (QED) is 0.473. The maximum atomic E-state index is 11.5. The molecule has 0 unspecified atom stereocenters. The number of fused-ring (bicyclic) bond motifs is 1. The molecule has 0 spiro atoms. The van der Waals surface area contributed by atoms with Gasteiger partial charge in [0.05, 0.1) is 19.1 Å². The lowest BCUT2D eigenvalue weighted by atomic mass is 9.83. The number of hydrogen-bond donors (Lipinski definition) is 0. The fraction of sp³-hybridized carbons (Fsp3) is 0.727. The van der Waals surface area contributed by atoms with Gasteiger partial charge in [-0.15, -0.1) is 0 Å². The number of allylic oxidation sites excluding steroid dienone is 1. The normalized spacial score (nSPS) is 31.6. The molecule has 1 aliphatic heterocycles. The first kappa shape index (κ1) is 9.71. The number of esters is 1. The van der Waals surface area contributed by atoms with Crippen molar-refractivity contribution in [2.45, 2.75) is 31.8 Å². The highest BCUT2D eigenvalue weighted by Gasteiger charge is 2.35. The molecular weight excluding hydrogens is 180 g/mol. The van der Waals surface area contributed by atoms with Gasteiger partial charge in [-0.3, -0.25) is 4.79 Å². The lowest BCUT2D eigenvalue weighted by Crippen LogP contribution is -2.37. The van der Waals surface area contributed by atoms with Crippen LogP contribution in [-0.2, 0) is 14.3 Å². The highest BCUT2D eigenvalue weighted by atomic mass is 16.5. The first-order valence-corrected chi connectivity index (χ1v) is 5.21. The molecule has 0 N–H and O–H groups in total. The molecule has 1 heterocycles. The van der Waals surface area contributed by atoms with Crippen LogP contribution in [0.4, 0.5) is 0 Å². The summed E-state index contributed by atoms with van der Waals surface area (Å²) < 4.78 is 10.4. The van der Waals surface area contributed by atoms with Crippen LogP contribution in [0.3, 0.4) is 0 Å². The summed E-state index contributed by atoms with van der Waals surface area (Å²) in [6.45, 7) is 0.773. The van der Waals surface area contributed by atoms with Crippen molar-refractivity contribution >= 4 is 5.97 Å². The fourth-order valence-corrected chi connectivity index (χ4v) is 2.32. The molecular formula is C11H16O3. The first-order chi connectivity index (χ1) is 6.83. The van der Waals surface area contributed by atoms with Gasteiger partial charge in [-0.2, -0.15) is 0 Å². The number of hydrogen-bond acceptors (Lipinski definition) is 3. The van der Waals surface area contributed by atoms with Crippen molar-refractivity contribution in [2.75, 3.05) is 13.7 Å². The Morgan fingerprint density at radius 3 is 3.29 bits per heavy atom. The van der Waals surface area contributed by atoms with Gasteiger partial charge in [0.15, 0.2) is 0 Å². The number of carbonyl (C=O) groups is 1. The molecule has 0 radical (unpaired) electrons. The average Bonchev–Trinajstić information content (AvgIpc) is 2.27. The summed E-state index contributed by atoms with van der Waals surface area (Å²) in [7, 11) is 1.45. The van der Waals surface area contributed by atoms with Gasteiger partial charge in [-0.05, 0) is 31.3 Å². The number of carbonyl (C=O) groups excluding carboxylic acids is 1. The Kier molecular flexibility index (Phi) is 2.87. The van der Waals surface area contributed by atoms with Crippen molar-refractivity contribution in [3.8, 4) is 0 Å². The van der Waals surface area contributed by atoms with E-state index in [9.17, 15) is 4.79 Å². The van der Waals surface area contributed by atoms with Crippen molar-refractivity contribution < 1.29 is 14.3 Å². The molecule has 0 bridgehead atoms. The minimum atomic E-state index is -0.123. The zero-order valence-electron chi connectivity index (χ0n) is 8.49. The molecule has 1 aliphatic carbocycles. The molecule has 0 saturated carbocycles. The average molecular weight is 196 g/mol. The molecule has 0 aromatic rings. The van der Waals surface area contributed by atoms with E-state index in [4.69, 9.17) is 9.47 Å². The van der Waals surface area contributed by atoms with Gasteiger partial charge >= 0.3 is 5.97 Å². The summed E-state index contributed by atoms with van der Waals surface area (Å²) in [5.74, 6) is -0.192. The van der Waals surface area contributed by atoms with Gasteiger partial charge in [0.2, 0.25) is 0 Å². The topological polar surface area (TPSA) is 35.5 Å². The zero-order valence-corrected chi connectivity index (χ0v) is 8.49. The highest BCUT2D eigenvalue weighted by molar-refractivity contribution is 5.74. The lowest BCUT2D eigenvalue weighted by molar-refractivity contribution is -0.151. The third kappa shape index (κ3) is 1.69. The van der Waals surface area contributed by atoms with Gasteiger partial charge in [0.25, 0.3) is 0 Å². The van der Waals surface area contributed by atoms with E-state index < -0.39 is 0 Å². The summed E-state index contributed by atoms with van der Waals surface area (Å²) in [5, 5.41) is 0. The molecule has 3 nitrogen and oxygen atoms in total. The zero-order chi connectivity index (χ0) is 9.97. The standard InChI is InChI=1S/C11H16O3/c1-13-11(12)9-6-2-4-8-5-3-7-14-10(8)9/h4,9-10H,2-3,5-7H2,1H3/t9-,10+/m0/s1. The summed E-state index contributed by atoms with van der Waals surface area (Å²) in [4.78, 5) is 11.5. The van der Waals surface area contributed by atoms with Gasteiger partial charge in [0, 0.05) is 6.61 Å². The Bertz CT molecular complexity index is 257. The molecule has 14 heavy (non-hydrogen) atoms. The maximum Gasteiger partial charge on any atom is 0.311 e. The van der Waals surface area contributed by atoms with E-state index >= 15 is 0 Å². The van der Waals surface area contributed by atoms with Crippen LogP contribution in [-0.4, -0.2) is 25.8 Å². The Labute approximate surface area is 84.1 Å². The highest BCUT2D eigenvalue weighted by Crippen LogP contribution is 2.33. The van der Waals surface area contributed by atoms with E-state index in [0.29, 0.717) is 0 Å². The van der Waals surface area contributed by atoms with Gasteiger partial charge < -0.3 is 9.47 Å². The Balaban J connectivity index is 2.13. The van der Waals surface area contributed by atoms with E-state index in [1.165, 1.54) is 12.7 Å². The second-order valence-corrected chi connectivity index (χ2v) is 3.88.